The van der Waals surface area contributed by atoms with Crippen molar-refractivity contribution in [3.05, 3.63) is 29.8 Å². The second-order valence-corrected chi connectivity index (χ2v) is 5.17. The lowest BCUT2D eigenvalue weighted by Crippen LogP contribution is -2.39. The largest absolute Gasteiger partial charge is 0.493 e. The van der Waals surface area contributed by atoms with Crippen molar-refractivity contribution in [1.82, 2.24) is 5.32 Å². The van der Waals surface area contributed by atoms with Gasteiger partial charge in [0.15, 0.2) is 5.96 Å². The fourth-order valence-electron chi connectivity index (χ4n) is 2.56. The van der Waals surface area contributed by atoms with Crippen LogP contribution in [0.4, 0.5) is 0 Å². The van der Waals surface area contributed by atoms with Gasteiger partial charge < -0.3 is 25.3 Å². The molecule has 1 aromatic rings. The predicted octanol–water partition coefficient (Wildman–Crippen LogP) is 0.830. The van der Waals surface area contributed by atoms with Crippen LogP contribution in [0.1, 0.15) is 18.0 Å². The topological polar surface area (TPSA) is 78.1 Å². The Morgan fingerprint density at radius 3 is 3.05 bits per heavy atom. The van der Waals surface area contributed by atoms with E-state index in [1.165, 1.54) is 0 Å². The fourth-order valence-corrected chi connectivity index (χ4v) is 2.56. The summed E-state index contributed by atoms with van der Waals surface area (Å²) in [5.41, 5.74) is 7.10. The lowest BCUT2D eigenvalue weighted by molar-refractivity contribution is -0.0832. The number of nitrogens with two attached hydrogens (primary N) is 1. The molecular formula is C15H21N3O3. The zero-order valence-corrected chi connectivity index (χ0v) is 12.0. The number of nitrogens with zero attached hydrogens (tertiary/aromatic N) is 1. The lowest BCUT2D eigenvalue weighted by atomic mass is 10.0. The van der Waals surface area contributed by atoms with Crippen LogP contribution in [0.25, 0.3) is 0 Å². The van der Waals surface area contributed by atoms with Crippen LogP contribution in [0, 0.1) is 0 Å². The number of ether oxygens (including phenoxy) is 3. The molecule has 1 fully saturated rings. The number of fused-ring (bicyclic) bond motifs is 1. The number of aliphatic imine (C=N–C) groups is 1. The summed E-state index contributed by atoms with van der Waals surface area (Å²) in [7, 11) is 0. The Bertz CT molecular complexity index is 501. The van der Waals surface area contributed by atoms with E-state index in [0.717, 1.165) is 17.7 Å². The van der Waals surface area contributed by atoms with Gasteiger partial charge in [-0.1, -0.05) is 18.2 Å². The molecule has 2 atom stereocenters. The molecule has 2 aliphatic heterocycles. The predicted molar refractivity (Wildman–Crippen MR) is 79.5 cm³/mol. The average Bonchev–Trinajstić information content (AvgIpc) is 2.54. The minimum atomic E-state index is 0.000996. The third-order valence-corrected chi connectivity index (χ3v) is 3.63. The molecule has 0 aromatic heterocycles. The second-order valence-electron chi connectivity index (χ2n) is 5.17. The summed E-state index contributed by atoms with van der Waals surface area (Å²) in [6.07, 6.45) is 0.872. The number of hydrogen-bond donors (Lipinski definition) is 2. The van der Waals surface area contributed by atoms with E-state index < -0.39 is 0 Å². The first-order chi connectivity index (χ1) is 10.3. The number of guanidine groups is 1. The molecule has 0 saturated carbocycles. The highest BCUT2D eigenvalue weighted by molar-refractivity contribution is 5.78. The van der Waals surface area contributed by atoms with Crippen molar-refractivity contribution in [3.63, 3.8) is 0 Å². The molecule has 0 spiro atoms. The van der Waals surface area contributed by atoms with E-state index in [1.54, 1.807) is 0 Å². The Labute approximate surface area is 124 Å². The summed E-state index contributed by atoms with van der Waals surface area (Å²) in [4.78, 5) is 4.35. The minimum absolute atomic E-state index is 0.000996. The fraction of sp³-hybridized carbons (Fsp3) is 0.533. The molecule has 0 amide bonds. The molecule has 2 unspecified atom stereocenters. The molecular weight excluding hydrogens is 270 g/mol. The number of hydrogen-bond acceptors (Lipinski definition) is 4. The molecule has 1 saturated heterocycles. The van der Waals surface area contributed by atoms with Gasteiger partial charge in [0.2, 0.25) is 0 Å². The third kappa shape index (κ3) is 3.65. The van der Waals surface area contributed by atoms with Crippen molar-refractivity contribution in [3.8, 4) is 5.75 Å². The van der Waals surface area contributed by atoms with Crippen molar-refractivity contribution in [2.24, 2.45) is 10.7 Å². The summed E-state index contributed by atoms with van der Waals surface area (Å²) >= 11 is 0. The van der Waals surface area contributed by atoms with E-state index >= 15 is 0 Å². The maximum absolute atomic E-state index is 5.98. The van der Waals surface area contributed by atoms with E-state index in [9.17, 15) is 0 Å². The summed E-state index contributed by atoms with van der Waals surface area (Å²) in [5, 5.41) is 3.27. The van der Waals surface area contributed by atoms with Gasteiger partial charge in [-0.15, -0.1) is 0 Å². The van der Waals surface area contributed by atoms with Crippen LogP contribution < -0.4 is 15.8 Å². The number of rotatable bonds is 3. The molecule has 3 N–H and O–H groups in total. The molecule has 0 aliphatic carbocycles. The summed E-state index contributed by atoms with van der Waals surface area (Å²) < 4.78 is 16.5. The molecule has 2 heterocycles. The Balaban J connectivity index is 1.58. The van der Waals surface area contributed by atoms with E-state index in [1.807, 2.05) is 18.2 Å². The van der Waals surface area contributed by atoms with Crippen LogP contribution in [-0.4, -0.2) is 45.0 Å². The van der Waals surface area contributed by atoms with Gasteiger partial charge in [-0.05, 0) is 6.07 Å². The monoisotopic (exact) mass is 291 g/mol. The van der Waals surface area contributed by atoms with E-state index in [4.69, 9.17) is 19.9 Å². The maximum Gasteiger partial charge on any atom is 0.189 e. The van der Waals surface area contributed by atoms with Gasteiger partial charge in [0.1, 0.15) is 11.9 Å². The van der Waals surface area contributed by atoms with Crippen LogP contribution >= 0.6 is 0 Å². The Morgan fingerprint density at radius 1 is 1.29 bits per heavy atom. The second kappa shape index (κ2) is 6.78. The molecule has 0 radical (unpaired) electrons. The number of para-hydroxylation sites is 1. The van der Waals surface area contributed by atoms with Gasteiger partial charge in [-0.25, -0.2) is 0 Å². The first-order valence-corrected chi connectivity index (χ1v) is 7.30. The minimum Gasteiger partial charge on any atom is -0.493 e. The van der Waals surface area contributed by atoms with Crippen LogP contribution in [0.15, 0.2) is 29.3 Å². The quantitative estimate of drug-likeness (QED) is 0.637. The van der Waals surface area contributed by atoms with E-state index in [0.29, 0.717) is 38.9 Å². The molecule has 3 rings (SSSR count). The molecule has 0 bridgehead atoms. The van der Waals surface area contributed by atoms with Gasteiger partial charge in [-0.3, -0.25) is 4.99 Å². The number of benzene rings is 1. The first kappa shape index (κ1) is 14.2. The zero-order valence-electron chi connectivity index (χ0n) is 12.0. The Kier molecular flexibility index (Phi) is 4.57. The van der Waals surface area contributed by atoms with Gasteiger partial charge in [0, 0.05) is 12.0 Å². The third-order valence-electron chi connectivity index (χ3n) is 3.63. The van der Waals surface area contributed by atoms with Gasteiger partial charge >= 0.3 is 0 Å². The highest BCUT2D eigenvalue weighted by Gasteiger charge is 2.21. The molecule has 21 heavy (non-hydrogen) atoms. The van der Waals surface area contributed by atoms with Crippen LogP contribution in [0.2, 0.25) is 0 Å². The zero-order chi connectivity index (χ0) is 14.5. The van der Waals surface area contributed by atoms with Crippen LogP contribution in [-0.2, 0) is 9.47 Å². The van der Waals surface area contributed by atoms with Crippen LogP contribution in [0.3, 0.4) is 0 Å². The van der Waals surface area contributed by atoms with Crippen molar-refractivity contribution in [2.45, 2.75) is 18.6 Å². The first-order valence-electron chi connectivity index (χ1n) is 7.30. The summed E-state index contributed by atoms with van der Waals surface area (Å²) in [6, 6.07) is 8.14. The Morgan fingerprint density at radius 2 is 2.19 bits per heavy atom. The SMILES string of the molecule is NC(=NCC1COCCO1)NC1CCOc2ccccc21. The molecule has 2 aliphatic rings. The van der Waals surface area contributed by atoms with Gasteiger partial charge in [0.25, 0.3) is 0 Å². The van der Waals surface area contributed by atoms with Crippen molar-refractivity contribution in [2.75, 3.05) is 33.0 Å². The van der Waals surface area contributed by atoms with E-state index in [-0.39, 0.29) is 12.1 Å². The smallest absolute Gasteiger partial charge is 0.189 e. The average molecular weight is 291 g/mol. The molecule has 6 heteroatoms. The van der Waals surface area contributed by atoms with E-state index in [2.05, 4.69) is 16.4 Å². The van der Waals surface area contributed by atoms with Gasteiger partial charge in [-0.2, -0.15) is 0 Å². The summed E-state index contributed by atoms with van der Waals surface area (Å²) in [6.45, 7) is 3.07. The highest BCUT2D eigenvalue weighted by atomic mass is 16.6. The summed E-state index contributed by atoms with van der Waals surface area (Å²) in [5.74, 6) is 1.35. The Hall–Kier alpha value is -1.79. The van der Waals surface area contributed by atoms with Crippen molar-refractivity contribution < 1.29 is 14.2 Å². The maximum atomic E-state index is 5.98. The van der Waals surface area contributed by atoms with Crippen LogP contribution in [0.5, 0.6) is 5.75 Å². The lowest BCUT2D eigenvalue weighted by Gasteiger charge is -2.27. The van der Waals surface area contributed by atoms with Crippen molar-refractivity contribution in [1.29, 1.82) is 0 Å². The normalized spacial score (nSPS) is 25.8. The molecule has 114 valence electrons. The molecule has 1 aromatic carbocycles. The molecule has 6 nitrogen and oxygen atoms in total. The standard InChI is InChI=1S/C15H21N3O3/c16-15(17-9-11-10-19-7-8-20-11)18-13-5-6-21-14-4-2-1-3-12(13)14/h1-4,11,13H,5-10H2,(H3,16,17,18). The van der Waals surface area contributed by atoms with Crippen molar-refractivity contribution >= 4 is 5.96 Å². The highest BCUT2D eigenvalue weighted by Crippen LogP contribution is 2.31. The van der Waals surface area contributed by atoms with Gasteiger partial charge in [0.05, 0.1) is 39.0 Å². The number of nitrogens with one attached hydrogen (secondary N) is 1.